The second-order valence-electron chi connectivity index (χ2n) is 5.85. The molecule has 2 N–H and O–H groups in total. The Kier molecular flexibility index (Phi) is 9.44. The first kappa shape index (κ1) is 20.5. The third-order valence-corrected chi connectivity index (χ3v) is 3.86. The van der Waals surface area contributed by atoms with Crippen LogP contribution in [0.25, 0.3) is 0 Å². The Hall–Kier alpha value is -1.57. The van der Waals surface area contributed by atoms with Crippen molar-refractivity contribution >= 4 is 29.9 Å². The fourth-order valence-corrected chi connectivity index (χ4v) is 2.45. The van der Waals surface area contributed by atoms with Crippen LogP contribution in [0, 0.1) is 6.92 Å². The first-order valence-corrected chi connectivity index (χ1v) is 8.16. The maximum Gasteiger partial charge on any atom is 0.190 e. The molecule has 0 aliphatic heterocycles. The van der Waals surface area contributed by atoms with Gasteiger partial charge in [0, 0.05) is 39.1 Å². The average Bonchev–Trinajstić information content (AvgIpc) is 3.07. The van der Waals surface area contributed by atoms with Crippen molar-refractivity contribution in [1.82, 2.24) is 20.2 Å². The van der Waals surface area contributed by atoms with Gasteiger partial charge in [-0.1, -0.05) is 36.8 Å². The zero-order chi connectivity index (χ0) is 16.5. The van der Waals surface area contributed by atoms with Gasteiger partial charge >= 0.3 is 0 Å². The Morgan fingerprint density at radius 1 is 1.33 bits per heavy atom. The van der Waals surface area contributed by atoms with Gasteiger partial charge < -0.3 is 15.2 Å². The van der Waals surface area contributed by atoms with E-state index >= 15 is 0 Å². The highest BCUT2D eigenvalue weighted by molar-refractivity contribution is 14.0. The average molecular weight is 441 g/mol. The number of aliphatic imine (C=N–C) groups is 1. The van der Waals surface area contributed by atoms with Gasteiger partial charge in [0.05, 0.1) is 6.33 Å². The molecule has 1 aromatic heterocycles. The van der Waals surface area contributed by atoms with E-state index in [1.807, 2.05) is 19.6 Å². The molecule has 0 fully saturated rings. The summed E-state index contributed by atoms with van der Waals surface area (Å²) in [5.41, 5.74) is 2.66. The van der Waals surface area contributed by atoms with Crippen LogP contribution in [-0.2, 0) is 6.54 Å². The molecule has 1 unspecified atom stereocenters. The third kappa shape index (κ3) is 6.90. The van der Waals surface area contributed by atoms with E-state index in [-0.39, 0.29) is 24.0 Å². The van der Waals surface area contributed by atoms with Gasteiger partial charge in [0.15, 0.2) is 5.96 Å². The molecule has 1 atom stereocenters. The summed E-state index contributed by atoms with van der Waals surface area (Å²) in [5, 5.41) is 6.76. The van der Waals surface area contributed by atoms with Gasteiger partial charge in [-0.15, -0.1) is 24.0 Å². The number of imidazole rings is 1. The first-order valence-electron chi connectivity index (χ1n) is 8.16. The molecule has 0 bridgehead atoms. The Morgan fingerprint density at radius 2 is 2.17 bits per heavy atom. The van der Waals surface area contributed by atoms with E-state index in [1.165, 1.54) is 11.1 Å². The number of nitrogens with one attached hydrogen (secondary N) is 2. The van der Waals surface area contributed by atoms with Gasteiger partial charge in [-0.25, -0.2) is 4.98 Å². The van der Waals surface area contributed by atoms with Gasteiger partial charge in [0.1, 0.15) is 0 Å². The number of hydrogen-bond acceptors (Lipinski definition) is 2. The van der Waals surface area contributed by atoms with Gasteiger partial charge in [-0.2, -0.15) is 0 Å². The summed E-state index contributed by atoms with van der Waals surface area (Å²) in [6, 6.07) is 8.67. The number of nitrogens with zero attached hydrogens (tertiary/aromatic N) is 3. The zero-order valence-electron chi connectivity index (χ0n) is 14.7. The monoisotopic (exact) mass is 441 g/mol. The van der Waals surface area contributed by atoms with E-state index in [1.54, 1.807) is 6.20 Å². The number of halogens is 1. The number of guanidine groups is 1. The van der Waals surface area contributed by atoms with Crippen LogP contribution in [0.2, 0.25) is 0 Å². The van der Waals surface area contributed by atoms with Crippen LogP contribution in [0.5, 0.6) is 0 Å². The van der Waals surface area contributed by atoms with E-state index in [4.69, 9.17) is 0 Å². The Bertz CT molecular complexity index is 610. The highest BCUT2D eigenvalue weighted by atomic mass is 127. The summed E-state index contributed by atoms with van der Waals surface area (Å²) in [5.74, 6) is 1.30. The maximum absolute atomic E-state index is 4.28. The number of rotatable bonds is 7. The van der Waals surface area contributed by atoms with Crippen LogP contribution < -0.4 is 10.6 Å². The Balaban J connectivity index is 0.00000288. The highest BCUT2D eigenvalue weighted by Crippen LogP contribution is 2.15. The molecular formula is C18H28IN5. The normalized spacial score (nSPS) is 12.4. The van der Waals surface area contributed by atoms with E-state index in [2.05, 4.69) is 63.3 Å². The Morgan fingerprint density at radius 3 is 2.83 bits per heavy atom. The zero-order valence-corrected chi connectivity index (χ0v) is 17.0. The van der Waals surface area contributed by atoms with E-state index in [0.29, 0.717) is 5.92 Å². The molecule has 0 radical (unpaired) electrons. The summed E-state index contributed by atoms with van der Waals surface area (Å²) < 4.78 is 2.08. The summed E-state index contributed by atoms with van der Waals surface area (Å²) >= 11 is 0. The number of benzene rings is 1. The fourth-order valence-electron chi connectivity index (χ4n) is 2.45. The number of hydrogen-bond donors (Lipinski definition) is 2. The molecule has 2 rings (SSSR count). The summed E-state index contributed by atoms with van der Waals surface area (Å²) in [6.45, 7) is 7.07. The van der Waals surface area contributed by atoms with Crippen LogP contribution in [0.15, 0.2) is 48.0 Å². The van der Waals surface area contributed by atoms with Gasteiger partial charge in [0.2, 0.25) is 0 Å². The highest BCUT2D eigenvalue weighted by Gasteiger charge is 2.06. The Labute approximate surface area is 162 Å². The van der Waals surface area contributed by atoms with E-state index in [0.717, 1.165) is 32.0 Å². The van der Waals surface area contributed by atoms with Crippen molar-refractivity contribution in [1.29, 1.82) is 0 Å². The predicted molar refractivity (Wildman–Crippen MR) is 111 cm³/mol. The molecule has 6 heteroatoms. The SMILES string of the molecule is CN=C(NCCCn1ccnc1)NCC(C)c1cccc(C)c1.I. The molecule has 1 heterocycles. The molecule has 0 spiro atoms. The van der Waals surface area contributed by atoms with Crippen LogP contribution >= 0.6 is 24.0 Å². The third-order valence-electron chi connectivity index (χ3n) is 3.86. The quantitative estimate of drug-likeness (QED) is 0.301. The summed E-state index contributed by atoms with van der Waals surface area (Å²) in [6.07, 6.45) is 6.66. The first-order chi connectivity index (χ1) is 11.2. The van der Waals surface area contributed by atoms with Crippen LogP contribution in [0.3, 0.4) is 0 Å². The molecule has 0 saturated heterocycles. The van der Waals surface area contributed by atoms with Gasteiger partial charge in [0.25, 0.3) is 0 Å². The minimum atomic E-state index is 0. The minimum absolute atomic E-state index is 0. The second-order valence-corrected chi connectivity index (χ2v) is 5.85. The van der Waals surface area contributed by atoms with Crippen molar-refractivity contribution in [2.45, 2.75) is 32.7 Å². The van der Waals surface area contributed by atoms with Crippen molar-refractivity contribution in [3.63, 3.8) is 0 Å². The predicted octanol–water partition coefficient (Wildman–Crippen LogP) is 3.17. The topological polar surface area (TPSA) is 54.2 Å². The van der Waals surface area contributed by atoms with Crippen molar-refractivity contribution in [2.24, 2.45) is 4.99 Å². The molecule has 24 heavy (non-hydrogen) atoms. The molecular weight excluding hydrogens is 413 g/mol. The standard InChI is InChI=1S/C18H27N5.HI/c1-15-6-4-7-17(12-15)16(2)13-22-18(19-3)21-8-5-10-23-11-9-20-14-23;/h4,6-7,9,11-12,14,16H,5,8,10,13H2,1-3H3,(H2,19,21,22);1H. The van der Waals surface area contributed by atoms with Crippen LogP contribution in [0.4, 0.5) is 0 Å². The lowest BCUT2D eigenvalue weighted by Gasteiger charge is -2.17. The summed E-state index contributed by atoms with van der Waals surface area (Å²) in [7, 11) is 1.81. The second kappa shape index (κ2) is 11.1. The molecule has 0 saturated carbocycles. The van der Waals surface area contributed by atoms with Crippen LogP contribution in [-0.4, -0.2) is 35.6 Å². The number of aryl methyl sites for hydroxylation is 2. The lowest BCUT2D eigenvalue weighted by atomic mass is 9.99. The van der Waals surface area contributed by atoms with Crippen LogP contribution in [0.1, 0.15) is 30.4 Å². The largest absolute Gasteiger partial charge is 0.356 e. The lowest BCUT2D eigenvalue weighted by molar-refractivity contribution is 0.620. The number of aromatic nitrogens is 2. The summed E-state index contributed by atoms with van der Waals surface area (Å²) in [4.78, 5) is 8.32. The van der Waals surface area contributed by atoms with Gasteiger partial charge in [-0.05, 0) is 24.8 Å². The van der Waals surface area contributed by atoms with Crippen molar-refractivity contribution < 1.29 is 0 Å². The molecule has 0 amide bonds. The maximum atomic E-state index is 4.28. The molecule has 0 aliphatic carbocycles. The van der Waals surface area contributed by atoms with Crippen molar-refractivity contribution in [2.75, 3.05) is 20.1 Å². The molecule has 5 nitrogen and oxygen atoms in total. The van der Waals surface area contributed by atoms with E-state index < -0.39 is 0 Å². The molecule has 132 valence electrons. The van der Waals surface area contributed by atoms with Gasteiger partial charge in [-0.3, -0.25) is 4.99 Å². The van der Waals surface area contributed by atoms with Crippen molar-refractivity contribution in [3.8, 4) is 0 Å². The molecule has 0 aliphatic rings. The molecule has 2 aromatic rings. The lowest BCUT2D eigenvalue weighted by Crippen LogP contribution is -2.39. The van der Waals surface area contributed by atoms with E-state index in [9.17, 15) is 0 Å². The minimum Gasteiger partial charge on any atom is -0.356 e. The molecule has 1 aromatic carbocycles. The fraction of sp³-hybridized carbons (Fsp3) is 0.444. The van der Waals surface area contributed by atoms with Crippen molar-refractivity contribution in [3.05, 3.63) is 54.1 Å². The smallest absolute Gasteiger partial charge is 0.190 e.